The zero-order valence-corrected chi connectivity index (χ0v) is 16.9. The van der Waals surface area contributed by atoms with Crippen LogP contribution in [0.15, 0.2) is 88.3 Å². The van der Waals surface area contributed by atoms with Crippen LogP contribution in [-0.2, 0) is 0 Å². The minimum absolute atomic E-state index is 0.212. The van der Waals surface area contributed by atoms with Crippen molar-refractivity contribution in [3.8, 4) is 5.69 Å². The molecule has 0 saturated carbocycles. The fourth-order valence-electron chi connectivity index (χ4n) is 3.58. The van der Waals surface area contributed by atoms with Crippen LogP contribution in [0.3, 0.4) is 0 Å². The summed E-state index contributed by atoms with van der Waals surface area (Å²) in [5.41, 5.74) is 3.38. The van der Waals surface area contributed by atoms with E-state index in [4.69, 9.17) is 9.97 Å². The second kappa shape index (κ2) is 6.96. The number of nitrogens with zero attached hydrogens (tertiary/aromatic N) is 6. The number of hydrogen-bond donors (Lipinski definition) is 0. The summed E-state index contributed by atoms with van der Waals surface area (Å²) in [4.78, 5) is 28.6. The monoisotopic (exact) mass is 422 g/mol. The number of rotatable bonds is 3. The number of benzene rings is 2. The molecule has 0 fully saturated rings. The molecule has 0 spiro atoms. The van der Waals surface area contributed by atoms with E-state index in [1.165, 1.54) is 10.9 Å². The molecule has 31 heavy (non-hydrogen) atoms. The Hall–Kier alpha value is -4.17. The maximum atomic E-state index is 13.5. The van der Waals surface area contributed by atoms with Gasteiger partial charge >= 0.3 is 0 Å². The number of fused-ring (bicyclic) bond motifs is 4. The van der Waals surface area contributed by atoms with Gasteiger partial charge in [-0.25, -0.2) is 15.0 Å². The topological polar surface area (TPSA) is 78.0 Å². The molecular formula is C23H14N6OS. The Morgan fingerprint density at radius 3 is 2.42 bits per heavy atom. The maximum Gasteiger partial charge on any atom is 0.269 e. The van der Waals surface area contributed by atoms with Gasteiger partial charge in [-0.05, 0) is 35.7 Å². The van der Waals surface area contributed by atoms with Crippen molar-refractivity contribution in [3.05, 3.63) is 93.7 Å². The molecule has 148 valence electrons. The van der Waals surface area contributed by atoms with Gasteiger partial charge in [0.05, 0.1) is 22.9 Å². The van der Waals surface area contributed by atoms with Crippen molar-refractivity contribution in [3.63, 3.8) is 0 Å². The van der Waals surface area contributed by atoms with Crippen molar-refractivity contribution in [2.45, 2.75) is 0 Å². The van der Waals surface area contributed by atoms with Gasteiger partial charge in [0.2, 0.25) is 0 Å². The molecule has 8 heteroatoms. The lowest BCUT2D eigenvalue weighted by atomic mass is 10.3. The molecule has 0 amide bonds. The third-order valence-corrected chi connectivity index (χ3v) is 5.83. The van der Waals surface area contributed by atoms with Gasteiger partial charge in [0.15, 0.2) is 11.3 Å². The molecule has 0 aliphatic carbocycles. The van der Waals surface area contributed by atoms with E-state index in [0.29, 0.717) is 27.7 Å². The number of para-hydroxylation sites is 3. The van der Waals surface area contributed by atoms with Gasteiger partial charge in [0.25, 0.3) is 5.56 Å². The van der Waals surface area contributed by atoms with E-state index >= 15 is 0 Å². The highest BCUT2D eigenvalue weighted by Crippen LogP contribution is 2.25. The summed E-state index contributed by atoms with van der Waals surface area (Å²) < 4.78 is 3.12. The minimum atomic E-state index is -0.212. The first-order valence-electron chi connectivity index (χ1n) is 9.61. The summed E-state index contributed by atoms with van der Waals surface area (Å²) in [5.74, 6) is 0. The van der Waals surface area contributed by atoms with Crippen LogP contribution in [0.1, 0.15) is 4.88 Å². The van der Waals surface area contributed by atoms with E-state index in [1.54, 1.807) is 22.2 Å². The first-order chi connectivity index (χ1) is 15.3. The highest BCUT2D eigenvalue weighted by molar-refractivity contribution is 7.11. The van der Waals surface area contributed by atoms with E-state index < -0.39 is 0 Å². The molecule has 4 heterocycles. The third-order valence-electron chi connectivity index (χ3n) is 5.02. The third kappa shape index (κ3) is 2.84. The summed E-state index contributed by atoms with van der Waals surface area (Å²) >= 11 is 1.58. The lowest BCUT2D eigenvalue weighted by Gasteiger charge is -2.04. The molecule has 6 rings (SSSR count). The quantitative estimate of drug-likeness (QED) is 0.400. The Morgan fingerprint density at radius 1 is 0.871 bits per heavy atom. The fourth-order valence-corrected chi connectivity index (χ4v) is 4.16. The predicted octanol–water partition coefficient (Wildman–Crippen LogP) is 4.23. The predicted molar refractivity (Wildman–Crippen MR) is 123 cm³/mol. The average molecular weight is 422 g/mol. The average Bonchev–Trinajstić information content (AvgIpc) is 3.43. The highest BCUT2D eigenvalue weighted by atomic mass is 32.1. The molecule has 0 aliphatic rings. The highest BCUT2D eigenvalue weighted by Gasteiger charge is 2.20. The summed E-state index contributed by atoms with van der Waals surface area (Å²) in [6.45, 7) is 0. The first kappa shape index (κ1) is 17.7. The molecular weight excluding hydrogens is 408 g/mol. The van der Waals surface area contributed by atoms with Crippen molar-refractivity contribution >= 4 is 50.8 Å². The van der Waals surface area contributed by atoms with Crippen LogP contribution < -0.4 is 5.56 Å². The molecule has 0 aliphatic heterocycles. The van der Waals surface area contributed by atoms with Gasteiger partial charge in [-0.1, -0.05) is 36.4 Å². The first-order valence-corrected chi connectivity index (χ1v) is 10.5. The zero-order chi connectivity index (χ0) is 20.8. The van der Waals surface area contributed by atoms with Crippen LogP contribution in [0, 0.1) is 0 Å². The Balaban J connectivity index is 1.72. The van der Waals surface area contributed by atoms with Crippen LogP contribution in [0.2, 0.25) is 0 Å². The van der Waals surface area contributed by atoms with Gasteiger partial charge in [-0.3, -0.25) is 9.36 Å². The van der Waals surface area contributed by atoms with Gasteiger partial charge in [0, 0.05) is 4.88 Å². The molecule has 4 aromatic heterocycles. The van der Waals surface area contributed by atoms with E-state index in [2.05, 4.69) is 10.1 Å². The van der Waals surface area contributed by atoms with E-state index in [9.17, 15) is 4.79 Å². The number of thiophene rings is 1. The second-order valence-corrected chi connectivity index (χ2v) is 7.89. The summed E-state index contributed by atoms with van der Waals surface area (Å²) in [5, 5.41) is 6.98. The summed E-state index contributed by atoms with van der Waals surface area (Å²) in [6, 6.07) is 20.9. The molecule has 0 unspecified atom stereocenters. The van der Waals surface area contributed by atoms with Crippen LogP contribution in [0.4, 0.5) is 0 Å². The van der Waals surface area contributed by atoms with Gasteiger partial charge in [-0.15, -0.1) is 11.3 Å². The second-order valence-electron chi connectivity index (χ2n) is 6.91. The molecule has 0 radical (unpaired) electrons. The fraction of sp³-hybridized carbons (Fsp3) is 0. The Bertz CT molecular complexity index is 1650. The van der Waals surface area contributed by atoms with Gasteiger partial charge in [-0.2, -0.15) is 9.78 Å². The van der Waals surface area contributed by atoms with E-state index in [0.717, 1.165) is 16.1 Å². The molecule has 0 saturated heterocycles. The molecule has 0 N–H and O–H groups in total. The SMILES string of the molecule is O=c1c2c3nc4ccccc4nc3n(N=Cc3cccs3)c2ncn1-c1ccccc1. The van der Waals surface area contributed by atoms with Crippen molar-refractivity contribution in [1.82, 2.24) is 24.2 Å². The van der Waals surface area contributed by atoms with Crippen LogP contribution in [0.25, 0.3) is 38.9 Å². The smallest absolute Gasteiger partial charge is 0.268 e. The zero-order valence-electron chi connectivity index (χ0n) is 16.1. The van der Waals surface area contributed by atoms with Crippen LogP contribution in [-0.4, -0.2) is 30.4 Å². The lowest BCUT2D eigenvalue weighted by Crippen LogP contribution is -2.18. The minimum Gasteiger partial charge on any atom is -0.268 e. The largest absolute Gasteiger partial charge is 0.269 e. The number of aromatic nitrogens is 5. The Labute approximate surface area is 179 Å². The molecule has 0 atom stereocenters. The maximum absolute atomic E-state index is 13.5. The molecule has 6 aromatic rings. The van der Waals surface area contributed by atoms with Crippen molar-refractivity contribution in [2.24, 2.45) is 5.10 Å². The van der Waals surface area contributed by atoms with Crippen molar-refractivity contribution in [2.75, 3.05) is 0 Å². The van der Waals surface area contributed by atoms with Gasteiger partial charge in [0.1, 0.15) is 17.2 Å². The van der Waals surface area contributed by atoms with Gasteiger partial charge < -0.3 is 0 Å². The molecule has 7 nitrogen and oxygen atoms in total. The molecule has 0 bridgehead atoms. The van der Waals surface area contributed by atoms with Crippen molar-refractivity contribution < 1.29 is 0 Å². The van der Waals surface area contributed by atoms with Crippen molar-refractivity contribution in [1.29, 1.82) is 0 Å². The van der Waals surface area contributed by atoms with Crippen LogP contribution in [0.5, 0.6) is 0 Å². The standard InChI is InChI=1S/C23H14N6OS/c30-23-19-20-22(27-18-11-5-4-10-17(18)26-20)29(25-13-16-9-6-12-31-16)21(19)24-14-28(23)15-7-2-1-3-8-15/h1-14H. The van der Waals surface area contributed by atoms with E-state index in [-0.39, 0.29) is 5.56 Å². The molecule has 2 aromatic carbocycles. The summed E-state index contributed by atoms with van der Waals surface area (Å²) in [7, 11) is 0. The van der Waals surface area contributed by atoms with E-state index in [1.807, 2.05) is 72.1 Å². The lowest BCUT2D eigenvalue weighted by molar-refractivity contribution is 0.906. The van der Waals surface area contributed by atoms with Crippen LogP contribution >= 0.6 is 11.3 Å². The summed E-state index contributed by atoms with van der Waals surface area (Å²) in [6.07, 6.45) is 3.26. The Kier molecular flexibility index (Phi) is 3.97. The number of hydrogen-bond acceptors (Lipinski definition) is 6. The Morgan fingerprint density at radius 2 is 1.65 bits per heavy atom. The normalized spacial score (nSPS) is 11.9.